The zero-order chi connectivity index (χ0) is 13.8. The summed E-state index contributed by atoms with van der Waals surface area (Å²) in [7, 11) is 1.60. The van der Waals surface area contributed by atoms with Crippen molar-refractivity contribution in [1.29, 1.82) is 0 Å². The van der Waals surface area contributed by atoms with Gasteiger partial charge in [0, 0.05) is 32.7 Å². The average molecular weight is 268 g/mol. The summed E-state index contributed by atoms with van der Waals surface area (Å²) >= 11 is 0. The normalized spacial score (nSPS) is 19.1. The van der Waals surface area contributed by atoms with E-state index in [9.17, 15) is 14.9 Å². The van der Waals surface area contributed by atoms with E-state index >= 15 is 0 Å². The molecule has 0 saturated carbocycles. The Hall–Kier alpha value is -1.93. The number of ether oxygens (including phenoxy) is 1. The highest BCUT2D eigenvalue weighted by Gasteiger charge is 2.19. The van der Waals surface area contributed by atoms with Gasteiger partial charge in [0.1, 0.15) is 5.69 Å². The number of nitrogens with one attached hydrogen (secondary N) is 2. The summed E-state index contributed by atoms with van der Waals surface area (Å²) < 4.78 is 6.88. The van der Waals surface area contributed by atoms with Crippen LogP contribution in [0.4, 0.5) is 5.69 Å². The summed E-state index contributed by atoms with van der Waals surface area (Å²) in [5.74, 6) is -0.343. The van der Waals surface area contributed by atoms with Crippen molar-refractivity contribution < 1.29 is 14.5 Å². The molecule has 1 amide bonds. The fourth-order valence-corrected chi connectivity index (χ4v) is 1.92. The predicted molar refractivity (Wildman–Crippen MR) is 67.0 cm³/mol. The maximum absolute atomic E-state index is 11.9. The van der Waals surface area contributed by atoms with Crippen molar-refractivity contribution in [2.45, 2.75) is 6.10 Å². The lowest BCUT2D eigenvalue weighted by molar-refractivity contribution is -0.384. The third kappa shape index (κ3) is 3.30. The van der Waals surface area contributed by atoms with E-state index in [4.69, 9.17) is 4.74 Å². The molecular weight excluding hydrogens is 252 g/mol. The van der Waals surface area contributed by atoms with E-state index in [1.165, 1.54) is 16.8 Å². The first kappa shape index (κ1) is 13.5. The van der Waals surface area contributed by atoms with E-state index < -0.39 is 4.92 Å². The molecule has 0 aliphatic carbocycles. The Balaban J connectivity index is 1.93. The van der Waals surface area contributed by atoms with Gasteiger partial charge < -0.3 is 19.9 Å². The molecule has 8 nitrogen and oxygen atoms in total. The SMILES string of the molecule is Cn1cc([N+](=O)[O-])cc1C(=O)NCC1CNCCO1. The zero-order valence-electron chi connectivity index (χ0n) is 10.6. The number of nitro groups is 1. The number of aromatic nitrogens is 1. The summed E-state index contributed by atoms with van der Waals surface area (Å²) in [4.78, 5) is 22.0. The van der Waals surface area contributed by atoms with E-state index in [0.29, 0.717) is 19.7 Å². The van der Waals surface area contributed by atoms with Crippen LogP contribution < -0.4 is 10.6 Å². The molecule has 1 aliphatic heterocycles. The molecule has 1 aliphatic rings. The largest absolute Gasteiger partial charge is 0.374 e. The first-order chi connectivity index (χ1) is 9.08. The van der Waals surface area contributed by atoms with Crippen molar-refractivity contribution >= 4 is 11.6 Å². The second-order valence-electron chi connectivity index (χ2n) is 4.36. The number of hydrogen-bond acceptors (Lipinski definition) is 5. The van der Waals surface area contributed by atoms with Gasteiger partial charge in [-0.1, -0.05) is 0 Å². The van der Waals surface area contributed by atoms with Crippen LogP contribution in [0.2, 0.25) is 0 Å². The quantitative estimate of drug-likeness (QED) is 0.574. The van der Waals surface area contributed by atoms with Gasteiger partial charge in [-0.15, -0.1) is 0 Å². The van der Waals surface area contributed by atoms with Crippen molar-refractivity contribution in [1.82, 2.24) is 15.2 Å². The van der Waals surface area contributed by atoms with E-state index in [-0.39, 0.29) is 23.4 Å². The highest BCUT2D eigenvalue weighted by molar-refractivity contribution is 5.93. The summed E-state index contributed by atoms with van der Waals surface area (Å²) in [6.07, 6.45) is 1.25. The molecule has 1 aromatic rings. The van der Waals surface area contributed by atoms with Gasteiger partial charge in [0.2, 0.25) is 0 Å². The second-order valence-corrected chi connectivity index (χ2v) is 4.36. The van der Waals surface area contributed by atoms with E-state index in [2.05, 4.69) is 10.6 Å². The van der Waals surface area contributed by atoms with Crippen LogP contribution in [-0.4, -0.2) is 47.7 Å². The molecule has 1 unspecified atom stereocenters. The molecule has 1 atom stereocenters. The fourth-order valence-electron chi connectivity index (χ4n) is 1.92. The molecule has 1 aromatic heterocycles. The van der Waals surface area contributed by atoms with Gasteiger partial charge >= 0.3 is 0 Å². The van der Waals surface area contributed by atoms with Crippen molar-refractivity contribution in [2.75, 3.05) is 26.2 Å². The molecule has 2 N–H and O–H groups in total. The van der Waals surface area contributed by atoms with Crippen molar-refractivity contribution in [3.8, 4) is 0 Å². The third-order valence-corrected chi connectivity index (χ3v) is 2.93. The zero-order valence-corrected chi connectivity index (χ0v) is 10.6. The van der Waals surface area contributed by atoms with Crippen LogP contribution >= 0.6 is 0 Å². The number of rotatable bonds is 4. The van der Waals surface area contributed by atoms with Crippen molar-refractivity contribution in [2.24, 2.45) is 7.05 Å². The van der Waals surface area contributed by atoms with E-state index in [1.54, 1.807) is 7.05 Å². The number of carbonyl (C=O) groups is 1. The highest BCUT2D eigenvalue weighted by Crippen LogP contribution is 2.14. The van der Waals surface area contributed by atoms with Crippen LogP contribution in [-0.2, 0) is 11.8 Å². The Kier molecular flexibility index (Phi) is 4.13. The Morgan fingerprint density at radius 3 is 3.11 bits per heavy atom. The topological polar surface area (TPSA) is 98.4 Å². The first-order valence-electron chi connectivity index (χ1n) is 5.99. The standard InChI is InChI=1S/C11H16N4O4/c1-14-7-8(15(17)18)4-10(14)11(16)13-6-9-5-12-2-3-19-9/h4,7,9,12H,2-3,5-6H2,1H3,(H,13,16). The number of nitrogens with zero attached hydrogens (tertiary/aromatic N) is 2. The average Bonchev–Trinajstić information content (AvgIpc) is 2.80. The molecule has 0 spiro atoms. The molecule has 2 heterocycles. The van der Waals surface area contributed by atoms with E-state index in [0.717, 1.165) is 6.54 Å². The van der Waals surface area contributed by atoms with Crippen LogP contribution in [0.1, 0.15) is 10.5 Å². The maximum Gasteiger partial charge on any atom is 0.287 e. The van der Waals surface area contributed by atoms with Gasteiger partial charge in [-0.3, -0.25) is 14.9 Å². The number of carbonyl (C=O) groups excluding carboxylic acids is 1. The lowest BCUT2D eigenvalue weighted by atomic mass is 10.3. The Bertz CT molecular complexity index is 479. The number of aryl methyl sites for hydroxylation is 1. The highest BCUT2D eigenvalue weighted by atomic mass is 16.6. The second kappa shape index (κ2) is 5.81. The molecule has 19 heavy (non-hydrogen) atoms. The first-order valence-corrected chi connectivity index (χ1v) is 5.99. The molecule has 2 rings (SSSR count). The minimum absolute atomic E-state index is 0.0621. The minimum Gasteiger partial charge on any atom is -0.374 e. The van der Waals surface area contributed by atoms with Gasteiger partial charge in [0.15, 0.2) is 0 Å². The summed E-state index contributed by atoms with van der Waals surface area (Å²) in [6, 6.07) is 1.26. The number of hydrogen-bond donors (Lipinski definition) is 2. The molecule has 1 saturated heterocycles. The molecule has 0 radical (unpaired) electrons. The Morgan fingerprint density at radius 1 is 1.74 bits per heavy atom. The van der Waals surface area contributed by atoms with Crippen LogP contribution in [0.5, 0.6) is 0 Å². The lowest BCUT2D eigenvalue weighted by Crippen LogP contribution is -2.45. The van der Waals surface area contributed by atoms with Gasteiger partial charge in [-0.2, -0.15) is 0 Å². The van der Waals surface area contributed by atoms with Gasteiger partial charge in [-0.25, -0.2) is 0 Å². The predicted octanol–water partition coefficient (Wildman–Crippen LogP) is -0.349. The number of amides is 1. The monoisotopic (exact) mass is 268 g/mol. The van der Waals surface area contributed by atoms with E-state index in [1.807, 2.05) is 0 Å². The molecule has 0 aromatic carbocycles. The summed E-state index contributed by atoms with van der Waals surface area (Å²) in [6.45, 7) is 2.50. The minimum atomic E-state index is -0.523. The molecular formula is C11H16N4O4. The van der Waals surface area contributed by atoms with Gasteiger partial charge in [0.05, 0.1) is 23.8 Å². The van der Waals surface area contributed by atoms with Crippen LogP contribution in [0.3, 0.4) is 0 Å². The van der Waals surface area contributed by atoms with Crippen LogP contribution in [0.25, 0.3) is 0 Å². The smallest absolute Gasteiger partial charge is 0.287 e. The van der Waals surface area contributed by atoms with Crippen LogP contribution in [0, 0.1) is 10.1 Å². The maximum atomic E-state index is 11.9. The lowest BCUT2D eigenvalue weighted by Gasteiger charge is -2.23. The van der Waals surface area contributed by atoms with Gasteiger partial charge in [0.25, 0.3) is 11.6 Å². The summed E-state index contributed by atoms with van der Waals surface area (Å²) in [5, 5.41) is 16.5. The fraction of sp³-hybridized carbons (Fsp3) is 0.545. The number of morpholine rings is 1. The van der Waals surface area contributed by atoms with Crippen LogP contribution in [0.15, 0.2) is 12.3 Å². The third-order valence-electron chi connectivity index (χ3n) is 2.93. The van der Waals surface area contributed by atoms with Crippen molar-refractivity contribution in [3.63, 3.8) is 0 Å². The molecule has 0 bridgehead atoms. The van der Waals surface area contributed by atoms with Crippen molar-refractivity contribution in [3.05, 3.63) is 28.1 Å². The summed E-state index contributed by atoms with van der Waals surface area (Å²) in [5.41, 5.74) is 0.165. The van der Waals surface area contributed by atoms with Gasteiger partial charge in [-0.05, 0) is 0 Å². The Morgan fingerprint density at radius 2 is 2.53 bits per heavy atom. The Labute approximate surface area is 109 Å². The molecule has 104 valence electrons. The molecule has 8 heteroatoms. The molecule has 1 fully saturated rings.